The molecule has 0 spiro atoms. The van der Waals surface area contributed by atoms with Crippen LogP contribution in [0.4, 0.5) is 5.95 Å². The van der Waals surface area contributed by atoms with Crippen molar-refractivity contribution in [1.82, 2.24) is 9.97 Å². The van der Waals surface area contributed by atoms with Crippen molar-refractivity contribution in [2.24, 2.45) is 0 Å². The first-order chi connectivity index (χ1) is 12.7. The molecule has 0 unspecified atom stereocenters. The lowest BCUT2D eigenvalue weighted by Crippen LogP contribution is -2.00. The van der Waals surface area contributed by atoms with Crippen molar-refractivity contribution in [3.63, 3.8) is 0 Å². The fraction of sp³-hybridized carbons (Fsp3) is 0.158. The molecule has 2 N–H and O–H groups in total. The summed E-state index contributed by atoms with van der Waals surface area (Å²) in [6.07, 6.45) is 0. The molecule has 2 heterocycles. The Morgan fingerprint density at radius 2 is 1.69 bits per heavy atom. The van der Waals surface area contributed by atoms with E-state index in [-0.39, 0.29) is 12.7 Å². The molecule has 4 rings (SSSR count). The number of benzene rings is 2. The van der Waals surface area contributed by atoms with Gasteiger partial charge in [-0.3, -0.25) is 0 Å². The molecule has 0 fully saturated rings. The second-order valence-corrected chi connectivity index (χ2v) is 5.63. The van der Waals surface area contributed by atoms with Crippen molar-refractivity contribution in [1.29, 1.82) is 0 Å². The molecule has 3 aromatic rings. The average molecular weight is 351 g/mol. The van der Waals surface area contributed by atoms with E-state index >= 15 is 0 Å². The molecule has 1 aliphatic rings. The molecule has 1 aliphatic heterocycles. The number of ether oxygens (including phenoxy) is 4. The number of nitrogen functional groups attached to an aromatic ring is 1. The van der Waals surface area contributed by atoms with Gasteiger partial charge in [0.1, 0.15) is 11.5 Å². The quantitative estimate of drug-likeness (QED) is 0.772. The molecule has 0 atom stereocenters. The molecule has 0 amide bonds. The van der Waals surface area contributed by atoms with Gasteiger partial charge in [0.15, 0.2) is 11.5 Å². The zero-order chi connectivity index (χ0) is 18.1. The van der Waals surface area contributed by atoms with E-state index in [1.165, 1.54) is 0 Å². The summed E-state index contributed by atoms with van der Waals surface area (Å²) in [5.74, 6) is 2.92. The maximum atomic E-state index is 5.96. The molecule has 132 valence electrons. The van der Waals surface area contributed by atoms with Gasteiger partial charge in [-0.1, -0.05) is 0 Å². The lowest BCUT2D eigenvalue weighted by atomic mass is 10.1. The summed E-state index contributed by atoms with van der Waals surface area (Å²) in [4.78, 5) is 8.71. The molecule has 0 radical (unpaired) electrons. The highest BCUT2D eigenvalue weighted by atomic mass is 16.7. The number of anilines is 1. The molecule has 1 aromatic heterocycles. The van der Waals surface area contributed by atoms with Crippen LogP contribution in [0.1, 0.15) is 0 Å². The first-order valence-electron chi connectivity index (χ1n) is 7.95. The summed E-state index contributed by atoms with van der Waals surface area (Å²) >= 11 is 0. The number of hydrogen-bond donors (Lipinski definition) is 1. The first kappa shape index (κ1) is 16.0. The van der Waals surface area contributed by atoms with Gasteiger partial charge in [-0.2, -0.15) is 0 Å². The minimum atomic E-state index is 0.167. The number of methoxy groups -OCH3 is 2. The number of fused-ring (bicyclic) bond motifs is 1. The summed E-state index contributed by atoms with van der Waals surface area (Å²) in [5.41, 5.74) is 8.89. The summed E-state index contributed by atoms with van der Waals surface area (Å²) in [6.45, 7) is 0.219. The zero-order valence-electron chi connectivity index (χ0n) is 14.4. The van der Waals surface area contributed by atoms with Crippen molar-refractivity contribution in [2.75, 3.05) is 26.7 Å². The van der Waals surface area contributed by atoms with Gasteiger partial charge in [0.2, 0.25) is 12.7 Å². The monoisotopic (exact) mass is 351 g/mol. The topological polar surface area (TPSA) is 88.7 Å². The number of nitrogens with two attached hydrogens (primary N) is 1. The Hall–Kier alpha value is -3.48. The normalized spacial score (nSPS) is 12.1. The minimum absolute atomic E-state index is 0.167. The average Bonchev–Trinajstić information content (AvgIpc) is 3.14. The maximum Gasteiger partial charge on any atom is 0.231 e. The summed E-state index contributed by atoms with van der Waals surface area (Å²) in [5, 5.41) is 0. The van der Waals surface area contributed by atoms with Gasteiger partial charge in [-0.15, -0.1) is 0 Å². The van der Waals surface area contributed by atoms with Crippen molar-refractivity contribution >= 4 is 5.95 Å². The van der Waals surface area contributed by atoms with Crippen molar-refractivity contribution < 1.29 is 18.9 Å². The van der Waals surface area contributed by atoms with Gasteiger partial charge >= 0.3 is 0 Å². The fourth-order valence-electron chi connectivity index (χ4n) is 2.82. The highest BCUT2D eigenvalue weighted by Crippen LogP contribution is 2.37. The van der Waals surface area contributed by atoms with Crippen LogP contribution in [-0.2, 0) is 0 Å². The van der Waals surface area contributed by atoms with Crippen LogP contribution < -0.4 is 24.7 Å². The Bertz CT molecular complexity index is 975. The largest absolute Gasteiger partial charge is 0.497 e. The van der Waals surface area contributed by atoms with Gasteiger partial charge in [0.25, 0.3) is 0 Å². The van der Waals surface area contributed by atoms with E-state index in [1.807, 2.05) is 42.5 Å². The third-order valence-corrected chi connectivity index (χ3v) is 4.09. The van der Waals surface area contributed by atoms with Crippen LogP contribution in [0.25, 0.3) is 22.5 Å². The minimum Gasteiger partial charge on any atom is -0.497 e. The maximum absolute atomic E-state index is 5.96. The summed E-state index contributed by atoms with van der Waals surface area (Å²) < 4.78 is 21.6. The van der Waals surface area contributed by atoms with E-state index in [2.05, 4.69) is 9.97 Å². The molecule has 7 nitrogen and oxygen atoms in total. The molecule has 0 bridgehead atoms. The van der Waals surface area contributed by atoms with Crippen molar-refractivity contribution in [3.05, 3.63) is 42.5 Å². The third-order valence-electron chi connectivity index (χ3n) is 4.09. The standard InChI is InChI=1S/C19H17N3O4/c1-23-12-4-6-16(24-2)13(8-12)15-9-14(21-19(20)22-15)11-3-5-17-18(7-11)26-10-25-17/h3-9H,10H2,1-2H3,(H2,20,21,22). The zero-order valence-corrected chi connectivity index (χ0v) is 14.4. The van der Waals surface area contributed by atoms with Gasteiger partial charge < -0.3 is 24.7 Å². The third kappa shape index (κ3) is 2.83. The fourth-order valence-corrected chi connectivity index (χ4v) is 2.82. The van der Waals surface area contributed by atoms with E-state index in [0.717, 1.165) is 11.1 Å². The van der Waals surface area contributed by atoms with Crippen molar-refractivity contribution in [3.8, 4) is 45.5 Å². The van der Waals surface area contributed by atoms with E-state index in [9.17, 15) is 0 Å². The van der Waals surface area contributed by atoms with Crippen LogP contribution in [0.2, 0.25) is 0 Å². The smallest absolute Gasteiger partial charge is 0.231 e. The number of hydrogen-bond acceptors (Lipinski definition) is 7. The molecule has 0 saturated carbocycles. The van der Waals surface area contributed by atoms with Crippen LogP contribution in [0.5, 0.6) is 23.0 Å². The van der Waals surface area contributed by atoms with Gasteiger partial charge in [-0.25, -0.2) is 9.97 Å². The Labute approximate surface area is 150 Å². The highest BCUT2D eigenvalue weighted by molar-refractivity contribution is 5.75. The Kier molecular flexibility index (Phi) is 3.96. The van der Waals surface area contributed by atoms with Crippen LogP contribution in [0, 0.1) is 0 Å². The number of aromatic nitrogens is 2. The lowest BCUT2D eigenvalue weighted by Gasteiger charge is -2.12. The molecule has 2 aromatic carbocycles. The molecule has 26 heavy (non-hydrogen) atoms. The van der Waals surface area contributed by atoms with E-state index in [1.54, 1.807) is 14.2 Å². The lowest BCUT2D eigenvalue weighted by molar-refractivity contribution is 0.174. The van der Waals surface area contributed by atoms with Crippen molar-refractivity contribution in [2.45, 2.75) is 0 Å². The molecular weight excluding hydrogens is 334 g/mol. The van der Waals surface area contributed by atoms with Gasteiger partial charge in [-0.05, 0) is 42.5 Å². The second-order valence-electron chi connectivity index (χ2n) is 5.63. The Balaban J connectivity index is 1.83. The predicted molar refractivity (Wildman–Crippen MR) is 96.5 cm³/mol. The number of nitrogens with zero attached hydrogens (tertiary/aromatic N) is 2. The second kappa shape index (κ2) is 6.44. The van der Waals surface area contributed by atoms with Crippen LogP contribution in [0.15, 0.2) is 42.5 Å². The van der Waals surface area contributed by atoms with Crippen LogP contribution in [-0.4, -0.2) is 31.0 Å². The van der Waals surface area contributed by atoms with E-state index in [0.29, 0.717) is 34.4 Å². The highest BCUT2D eigenvalue weighted by Gasteiger charge is 2.16. The van der Waals surface area contributed by atoms with E-state index < -0.39 is 0 Å². The predicted octanol–water partition coefficient (Wildman–Crippen LogP) is 3.14. The molecule has 0 aliphatic carbocycles. The Morgan fingerprint density at radius 3 is 2.50 bits per heavy atom. The first-order valence-corrected chi connectivity index (χ1v) is 7.95. The van der Waals surface area contributed by atoms with Crippen LogP contribution >= 0.6 is 0 Å². The van der Waals surface area contributed by atoms with Gasteiger partial charge in [0, 0.05) is 11.1 Å². The molecule has 7 heteroatoms. The van der Waals surface area contributed by atoms with E-state index in [4.69, 9.17) is 24.7 Å². The molecule has 0 saturated heterocycles. The SMILES string of the molecule is COc1ccc(OC)c(-c2cc(-c3ccc4c(c3)OCO4)nc(N)n2)c1. The summed E-state index contributed by atoms with van der Waals surface area (Å²) in [7, 11) is 3.21. The Morgan fingerprint density at radius 1 is 0.885 bits per heavy atom. The molecular formula is C19H17N3O4. The van der Waals surface area contributed by atoms with Crippen LogP contribution in [0.3, 0.4) is 0 Å². The van der Waals surface area contributed by atoms with Gasteiger partial charge in [0.05, 0.1) is 25.6 Å². The summed E-state index contributed by atoms with van der Waals surface area (Å²) in [6, 6.07) is 13.0. The number of rotatable bonds is 4.